The normalized spacial score (nSPS) is 25.5. The van der Waals surface area contributed by atoms with E-state index in [1.54, 1.807) is 12.1 Å². The molecule has 0 radical (unpaired) electrons. The van der Waals surface area contributed by atoms with E-state index >= 15 is 0 Å². The second-order valence-corrected chi connectivity index (χ2v) is 12.0. The number of carbonyl (C=O) groups is 1. The zero-order valence-electron chi connectivity index (χ0n) is 18.3. The van der Waals surface area contributed by atoms with Crippen LogP contribution in [-0.4, -0.2) is 48.8 Å². The van der Waals surface area contributed by atoms with Crippen LogP contribution in [-0.2, 0) is 14.8 Å². The van der Waals surface area contributed by atoms with Crippen molar-refractivity contribution in [2.45, 2.75) is 82.3 Å². The maximum atomic E-state index is 13.0. The smallest absolute Gasteiger partial charge is 0.243 e. The molecule has 0 aromatic heterocycles. The van der Waals surface area contributed by atoms with Crippen LogP contribution in [0.5, 0.6) is 0 Å². The van der Waals surface area contributed by atoms with Crippen molar-refractivity contribution >= 4 is 15.9 Å². The fraction of sp³-hybridized carbons (Fsp3) is 0.682. The first-order valence-corrected chi connectivity index (χ1v) is 12.0. The van der Waals surface area contributed by atoms with E-state index in [1.807, 2.05) is 19.1 Å². The topological polar surface area (TPSA) is 78.5 Å². The van der Waals surface area contributed by atoms with Gasteiger partial charge in [-0.25, -0.2) is 8.42 Å². The lowest BCUT2D eigenvalue weighted by Crippen LogP contribution is -2.62. The lowest BCUT2D eigenvalue weighted by Gasteiger charge is -2.47. The highest BCUT2D eigenvalue weighted by atomic mass is 32.2. The predicted octanol–water partition coefficient (Wildman–Crippen LogP) is 2.82. The molecule has 2 N–H and O–H groups in total. The molecule has 2 aliphatic heterocycles. The molecular formula is C22H35N3O3S. The summed E-state index contributed by atoms with van der Waals surface area (Å²) in [6.45, 7) is 11.3. The largest absolute Gasteiger partial charge is 0.353 e. The third kappa shape index (κ3) is 5.38. The molecule has 0 spiro atoms. The maximum Gasteiger partial charge on any atom is 0.243 e. The molecule has 0 saturated carbocycles. The third-order valence-electron chi connectivity index (χ3n) is 5.95. The van der Waals surface area contributed by atoms with Crippen molar-refractivity contribution in [2.24, 2.45) is 5.92 Å². The first-order chi connectivity index (χ1) is 13.4. The van der Waals surface area contributed by atoms with Gasteiger partial charge < -0.3 is 10.6 Å². The monoisotopic (exact) mass is 421 g/mol. The van der Waals surface area contributed by atoms with Crippen LogP contribution in [0.1, 0.15) is 58.9 Å². The molecule has 1 aromatic rings. The van der Waals surface area contributed by atoms with E-state index in [0.717, 1.165) is 24.8 Å². The molecule has 1 aromatic carbocycles. The first kappa shape index (κ1) is 22.2. The van der Waals surface area contributed by atoms with Gasteiger partial charge in [-0.3, -0.25) is 4.79 Å². The molecule has 2 heterocycles. The van der Waals surface area contributed by atoms with E-state index < -0.39 is 10.0 Å². The van der Waals surface area contributed by atoms with Crippen molar-refractivity contribution in [1.82, 2.24) is 14.9 Å². The molecule has 2 saturated heterocycles. The predicted molar refractivity (Wildman–Crippen MR) is 115 cm³/mol. The van der Waals surface area contributed by atoms with Crippen LogP contribution in [0.15, 0.2) is 29.2 Å². The van der Waals surface area contributed by atoms with Crippen molar-refractivity contribution in [3.63, 3.8) is 0 Å². The molecule has 29 heavy (non-hydrogen) atoms. The summed E-state index contributed by atoms with van der Waals surface area (Å²) in [6.07, 6.45) is 3.15. The van der Waals surface area contributed by atoms with Gasteiger partial charge in [0, 0.05) is 30.2 Å². The maximum absolute atomic E-state index is 13.0. The van der Waals surface area contributed by atoms with Crippen LogP contribution >= 0.6 is 0 Å². The minimum atomic E-state index is -3.57. The summed E-state index contributed by atoms with van der Waals surface area (Å²) >= 11 is 0. The van der Waals surface area contributed by atoms with Gasteiger partial charge in [0.05, 0.1) is 10.8 Å². The number of carbonyl (C=O) groups excluding carboxylic acids is 1. The average molecular weight is 422 g/mol. The van der Waals surface area contributed by atoms with Gasteiger partial charge in [0.15, 0.2) is 0 Å². The van der Waals surface area contributed by atoms with Gasteiger partial charge in [-0.1, -0.05) is 17.7 Å². The number of piperidine rings is 2. The Balaban J connectivity index is 1.67. The molecule has 0 aliphatic carbocycles. The number of rotatable bonds is 4. The number of hydrogen-bond donors (Lipinski definition) is 2. The summed E-state index contributed by atoms with van der Waals surface area (Å²) in [7, 11) is -3.57. The molecule has 162 valence electrons. The van der Waals surface area contributed by atoms with Crippen molar-refractivity contribution in [3.8, 4) is 0 Å². The van der Waals surface area contributed by atoms with E-state index in [2.05, 4.69) is 38.3 Å². The molecular weight excluding hydrogens is 386 g/mol. The van der Waals surface area contributed by atoms with Crippen molar-refractivity contribution in [1.29, 1.82) is 0 Å². The van der Waals surface area contributed by atoms with Crippen molar-refractivity contribution in [2.75, 3.05) is 13.1 Å². The Kier molecular flexibility index (Phi) is 6.14. The van der Waals surface area contributed by atoms with Gasteiger partial charge in [0.1, 0.15) is 0 Å². The number of nitrogens with one attached hydrogen (secondary N) is 2. The van der Waals surface area contributed by atoms with Crippen LogP contribution in [0.25, 0.3) is 0 Å². The number of nitrogens with zero attached hydrogens (tertiary/aromatic N) is 1. The summed E-state index contributed by atoms with van der Waals surface area (Å²) in [6, 6.07) is 7.00. The summed E-state index contributed by atoms with van der Waals surface area (Å²) in [5, 5.41) is 6.84. The third-order valence-corrected chi connectivity index (χ3v) is 7.83. The number of benzene rings is 1. The fourth-order valence-corrected chi connectivity index (χ4v) is 6.50. The van der Waals surface area contributed by atoms with Crippen molar-refractivity contribution < 1.29 is 13.2 Å². The Morgan fingerprint density at radius 1 is 1.10 bits per heavy atom. The van der Waals surface area contributed by atoms with Gasteiger partial charge in [0.25, 0.3) is 0 Å². The van der Waals surface area contributed by atoms with Crippen LogP contribution < -0.4 is 10.6 Å². The van der Waals surface area contributed by atoms with E-state index in [0.29, 0.717) is 17.9 Å². The van der Waals surface area contributed by atoms with Gasteiger partial charge in [-0.05, 0) is 72.4 Å². The molecule has 7 heteroatoms. The zero-order chi connectivity index (χ0) is 21.4. The van der Waals surface area contributed by atoms with Gasteiger partial charge in [-0.15, -0.1) is 0 Å². The minimum Gasteiger partial charge on any atom is -0.353 e. The highest BCUT2D eigenvalue weighted by Gasteiger charge is 2.40. The summed E-state index contributed by atoms with van der Waals surface area (Å²) in [4.78, 5) is 13.3. The Morgan fingerprint density at radius 3 is 2.28 bits per heavy atom. The Morgan fingerprint density at radius 2 is 1.69 bits per heavy atom. The Hall–Kier alpha value is -1.44. The lowest BCUT2D eigenvalue weighted by molar-refractivity contribution is -0.127. The van der Waals surface area contributed by atoms with E-state index in [4.69, 9.17) is 0 Å². The van der Waals surface area contributed by atoms with E-state index in [-0.39, 0.29) is 35.5 Å². The molecule has 6 nitrogen and oxygen atoms in total. The highest BCUT2D eigenvalue weighted by molar-refractivity contribution is 7.89. The number of amides is 1. The number of aryl methyl sites for hydroxylation is 1. The first-order valence-electron chi connectivity index (χ1n) is 10.5. The second kappa shape index (κ2) is 8.00. The molecule has 2 aliphatic rings. The number of sulfonamides is 1. The Bertz CT molecular complexity index is 831. The average Bonchev–Trinajstić information content (AvgIpc) is 2.59. The van der Waals surface area contributed by atoms with E-state index in [9.17, 15) is 13.2 Å². The second-order valence-electron chi connectivity index (χ2n) is 10.0. The number of hydrogen-bond acceptors (Lipinski definition) is 4. The summed E-state index contributed by atoms with van der Waals surface area (Å²) in [5.74, 6) is -0.322. The SMILES string of the molecule is Cc1ccc(S(=O)(=O)N2CCC[C@@H](C(=O)NC3CC(C)(C)NC(C)(C)C3)C2)cc1. The molecule has 1 amide bonds. The highest BCUT2D eigenvalue weighted by Crippen LogP contribution is 2.29. The minimum absolute atomic E-state index is 0.0210. The molecule has 3 rings (SSSR count). The Labute approximate surface area is 175 Å². The van der Waals surface area contributed by atoms with Crippen molar-refractivity contribution in [3.05, 3.63) is 29.8 Å². The van der Waals surface area contributed by atoms with E-state index in [1.165, 1.54) is 4.31 Å². The summed E-state index contributed by atoms with van der Waals surface area (Å²) in [5.41, 5.74) is 0.924. The molecule has 2 fully saturated rings. The standard InChI is InChI=1S/C22H35N3O3S/c1-16-8-10-19(11-9-16)29(27,28)25-12-6-7-17(15-25)20(26)23-18-13-21(2,3)24-22(4,5)14-18/h8-11,17-18,24H,6-7,12-15H2,1-5H3,(H,23,26)/t17-/m1/s1. The van der Waals surface area contributed by atoms with Crippen LogP contribution in [0, 0.1) is 12.8 Å². The van der Waals surface area contributed by atoms with Crippen LogP contribution in [0.3, 0.4) is 0 Å². The summed E-state index contributed by atoms with van der Waals surface area (Å²) < 4.78 is 27.5. The van der Waals surface area contributed by atoms with Gasteiger partial charge in [-0.2, -0.15) is 4.31 Å². The quantitative estimate of drug-likeness (QED) is 0.784. The molecule has 0 bridgehead atoms. The van der Waals surface area contributed by atoms with Gasteiger partial charge in [0.2, 0.25) is 15.9 Å². The molecule has 1 atom stereocenters. The zero-order valence-corrected chi connectivity index (χ0v) is 19.1. The fourth-order valence-electron chi connectivity index (χ4n) is 4.98. The molecule has 0 unspecified atom stereocenters. The lowest BCUT2D eigenvalue weighted by atomic mass is 9.79. The van der Waals surface area contributed by atoms with Crippen LogP contribution in [0.4, 0.5) is 0 Å². The van der Waals surface area contributed by atoms with Gasteiger partial charge >= 0.3 is 0 Å². The van der Waals surface area contributed by atoms with Crippen LogP contribution in [0.2, 0.25) is 0 Å².